The lowest BCUT2D eigenvalue weighted by Crippen LogP contribution is -2.01. The van der Waals surface area contributed by atoms with Crippen molar-refractivity contribution in [1.29, 1.82) is 5.26 Å². The van der Waals surface area contributed by atoms with Crippen molar-refractivity contribution in [3.05, 3.63) is 95.3 Å². The van der Waals surface area contributed by atoms with Crippen LogP contribution in [0.25, 0.3) is 17.1 Å². The van der Waals surface area contributed by atoms with Gasteiger partial charge in [0.15, 0.2) is 11.6 Å². The van der Waals surface area contributed by atoms with Crippen molar-refractivity contribution in [2.24, 2.45) is 0 Å². The molecule has 158 valence electrons. The molecule has 0 saturated heterocycles. The molecule has 0 atom stereocenters. The van der Waals surface area contributed by atoms with Crippen molar-refractivity contribution >= 4 is 23.1 Å². The Morgan fingerprint density at radius 1 is 1.12 bits per heavy atom. The van der Waals surface area contributed by atoms with Gasteiger partial charge < -0.3 is 14.5 Å². The highest BCUT2D eigenvalue weighted by Gasteiger charge is 2.17. The number of rotatable bonds is 6. The molecule has 1 N–H and O–H groups in total. The van der Waals surface area contributed by atoms with E-state index >= 15 is 0 Å². The average molecular weight is 431 g/mol. The van der Waals surface area contributed by atoms with E-state index in [1.165, 1.54) is 24.5 Å². The van der Waals surface area contributed by atoms with Crippen molar-refractivity contribution in [2.45, 2.75) is 6.61 Å². The summed E-state index contributed by atoms with van der Waals surface area (Å²) in [5.41, 5.74) is 1.51. The first-order chi connectivity index (χ1) is 15.5. The highest BCUT2D eigenvalue weighted by Crippen LogP contribution is 2.34. The highest BCUT2D eigenvalue weighted by molar-refractivity contribution is 5.94. The summed E-state index contributed by atoms with van der Waals surface area (Å²) >= 11 is 0. The van der Waals surface area contributed by atoms with Gasteiger partial charge in [-0.1, -0.05) is 30.3 Å². The second-order valence-electron chi connectivity index (χ2n) is 6.68. The van der Waals surface area contributed by atoms with Gasteiger partial charge in [0.05, 0.1) is 22.9 Å². The maximum absolute atomic E-state index is 14.8. The summed E-state index contributed by atoms with van der Waals surface area (Å²) in [4.78, 5) is 19.2. The van der Waals surface area contributed by atoms with Crippen LogP contribution in [0.5, 0.6) is 11.5 Å². The Balaban J connectivity index is 1.64. The van der Waals surface area contributed by atoms with E-state index in [2.05, 4.69) is 9.97 Å². The zero-order chi connectivity index (χ0) is 22.5. The number of carbonyl (C=O) groups excluding carboxylic acids is 1. The van der Waals surface area contributed by atoms with Crippen molar-refractivity contribution in [3.8, 4) is 17.6 Å². The number of nitrogens with zero attached hydrogens (tertiary/aromatic N) is 2. The first-order valence-corrected chi connectivity index (χ1v) is 9.47. The normalized spacial score (nSPS) is 10.9. The molecule has 0 radical (unpaired) electrons. The third-order valence-electron chi connectivity index (χ3n) is 4.54. The first-order valence-electron chi connectivity index (χ1n) is 9.47. The van der Waals surface area contributed by atoms with Gasteiger partial charge in [0, 0.05) is 23.8 Å². The van der Waals surface area contributed by atoms with Crippen LogP contribution < -0.4 is 4.74 Å². The lowest BCUT2D eigenvalue weighted by Gasteiger charge is -2.11. The van der Waals surface area contributed by atoms with E-state index in [4.69, 9.17) is 14.7 Å². The minimum atomic E-state index is -0.734. The minimum Gasteiger partial charge on any atom is -0.458 e. The number of hydrogen-bond donors (Lipinski definition) is 1. The summed E-state index contributed by atoms with van der Waals surface area (Å²) in [6.07, 6.45) is 3.86. The molecule has 4 aromatic rings. The summed E-state index contributed by atoms with van der Waals surface area (Å²) in [5.74, 6) is -2.27. The van der Waals surface area contributed by atoms with Crippen molar-refractivity contribution in [2.75, 3.05) is 0 Å². The van der Waals surface area contributed by atoms with Gasteiger partial charge in [0.1, 0.15) is 24.2 Å². The molecular weight excluding hydrogens is 416 g/mol. The minimum absolute atomic E-state index is 0.0537. The number of fused-ring (bicyclic) bond motifs is 1. The molecule has 0 aliphatic heterocycles. The molecule has 1 heterocycles. The molecule has 8 heteroatoms. The van der Waals surface area contributed by atoms with Gasteiger partial charge in [-0.2, -0.15) is 5.26 Å². The molecule has 0 spiro atoms. The summed E-state index contributed by atoms with van der Waals surface area (Å²) in [6, 6.07) is 15.5. The highest BCUT2D eigenvalue weighted by atomic mass is 19.1. The maximum Gasteiger partial charge on any atom is 0.331 e. The molecule has 0 unspecified atom stereocenters. The van der Waals surface area contributed by atoms with Gasteiger partial charge in [0.2, 0.25) is 0 Å². The Bertz CT molecular complexity index is 1360. The number of nitrogens with one attached hydrogen (secondary N) is 1. The molecule has 0 amide bonds. The number of esters is 1. The van der Waals surface area contributed by atoms with E-state index in [0.717, 1.165) is 23.8 Å². The van der Waals surface area contributed by atoms with Gasteiger partial charge in [0.25, 0.3) is 0 Å². The second kappa shape index (κ2) is 9.10. The number of halogens is 2. The smallest absolute Gasteiger partial charge is 0.331 e. The number of aromatic nitrogens is 2. The van der Waals surface area contributed by atoms with Crippen LogP contribution in [-0.4, -0.2) is 15.9 Å². The molecular formula is C24H15F2N3O3. The fraction of sp³-hybridized carbons (Fsp3) is 0.0417. The maximum atomic E-state index is 14.8. The zero-order valence-electron chi connectivity index (χ0n) is 16.5. The molecule has 1 aromatic heterocycles. The second-order valence-corrected chi connectivity index (χ2v) is 6.68. The zero-order valence-corrected chi connectivity index (χ0v) is 16.5. The predicted octanol–water partition coefficient (Wildman–Crippen LogP) is 5.26. The molecule has 32 heavy (non-hydrogen) atoms. The molecule has 0 bridgehead atoms. The molecule has 0 aliphatic carbocycles. The third-order valence-corrected chi connectivity index (χ3v) is 4.54. The number of aromatic amines is 1. The van der Waals surface area contributed by atoms with Crippen LogP contribution in [0.1, 0.15) is 16.7 Å². The molecule has 0 saturated carbocycles. The molecule has 3 aromatic carbocycles. The van der Waals surface area contributed by atoms with Crippen LogP contribution >= 0.6 is 0 Å². The van der Waals surface area contributed by atoms with E-state index in [1.54, 1.807) is 6.07 Å². The van der Waals surface area contributed by atoms with Crippen LogP contribution in [0.2, 0.25) is 0 Å². The lowest BCUT2D eigenvalue weighted by atomic mass is 10.1. The lowest BCUT2D eigenvalue weighted by molar-refractivity contribution is -0.138. The monoisotopic (exact) mass is 431 g/mol. The molecule has 0 fully saturated rings. The number of imidazole rings is 1. The van der Waals surface area contributed by atoms with Crippen LogP contribution in [0.15, 0.2) is 67.0 Å². The number of hydrogen-bond acceptors (Lipinski definition) is 5. The quantitative estimate of drug-likeness (QED) is 0.332. The van der Waals surface area contributed by atoms with Crippen LogP contribution in [0.3, 0.4) is 0 Å². The van der Waals surface area contributed by atoms with Crippen LogP contribution in [0, 0.1) is 23.0 Å². The van der Waals surface area contributed by atoms with Gasteiger partial charge in [-0.15, -0.1) is 0 Å². The van der Waals surface area contributed by atoms with Crippen LogP contribution in [0.4, 0.5) is 8.78 Å². The number of carbonyl (C=O) groups is 1. The summed E-state index contributed by atoms with van der Waals surface area (Å²) < 4.78 is 39.3. The summed E-state index contributed by atoms with van der Waals surface area (Å²) in [5, 5.41) is 9.01. The van der Waals surface area contributed by atoms with E-state index in [1.807, 2.05) is 30.3 Å². The van der Waals surface area contributed by atoms with Crippen LogP contribution in [-0.2, 0) is 16.1 Å². The third kappa shape index (κ3) is 4.47. The number of ether oxygens (including phenoxy) is 2. The Kier molecular flexibility index (Phi) is 5.90. The fourth-order valence-electron chi connectivity index (χ4n) is 3.02. The summed E-state index contributed by atoms with van der Waals surface area (Å²) in [6.45, 7) is 0.0842. The number of nitriles is 1. The van der Waals surface area contributed by atoms with Gasteiger partial charge in [-0.05, 0) is 23.8 Å². The van der Waals surface area contributed by atoms with E-state index < -0.39 is 17.6 Å². The fourth-order valence-corrected chi connectivity index (χ4v) is 3.02. The Hall–Kier alpha value is -4.51. The van der Waals surface area contributed by atoms with Gasteiger partial charge >= 0.3 is 5.97 Å². The number of benzene rings is 3. The number of H-pyrrole nitrogens is 1. The van der Waals surface area contributed by atoms with Crippen molar-refractivity contribution in [1.82, 2.24) is 9.97 Å². The Morgan fingerprint density at radius 3 is 2.72 bits per heavy atom. The van der Waals surface area contributed by atoms with Gasteiger partial charge in [-0.3, -0.25) is 0 Å². The van der Waals surface area contributed by atoms with Gasteiger partial charge in [-0.25, -0.2) is 18.6 Å². The predicted molar refractivity (Wildman–Crippen MR) is 113 cm³/mol. The van der Waals surface area contributed by atoms with Crippen molar-refractivity contribution in [3.63, 3.8) is 0 Å². The van der Waals surface area contributed by atoms with E-state index in [9.17, 15) is 13.6 Å². The molecule has 6 nitrogen and oxygen atoms in total. The largest absolute Gasteiger partial charge is 0.458 e. The SMILES string of the molecule is N#Cc1cc(Oc2c(F)cc3[nH]cnc3c2/C=C/C(=O)OCc2ccccc2)ccc1F. The molecule has 0 aliphatic rings. The first kappa shape index (κ1) is 20.8. The molecule has 4 rings (SSSR count). The van der Waals surface area contributed by atoms with Crippen molar-refractivity contribution < 1.29 is 23.0 Å². The van der Waals surface area contributed by atoms with E-state index in [0.29, 0.717) is 11.0 Å². The Labute approximate surface area is 181 Å². The summed E-state index contributed by atoms with van der Waals surface area (Å²) in [7, 11) is 0. The Morgan fingerprint density at radius 2 is 1.94 bits per heavy atom. The van der Waals surface area contributed by atoms with E-state index in [-0.39, 0.29) is 29.2 Å². The standard InChI is InChI=1S/C24H15F2N3O3/c25-19-8-6-17(10-16(19)12-27)32-24-18(23-21(11-20(24)26)28-14-29-23)7-9-22(30)31-13-15-4-2-1-3-5-15/h1-11,14H,13H2,(H,28,29)/b9-7+. The topological polar surface area (TPSA) is 88.0 Å². The average Bonchev–Trinajstić information content (AvgIpc) is 3.27.